The summed E-state index contributed by atoms with van der Waals surface area (Å²) in [5.41, 5.74) is 5.01. The van der Waals surface area contributed by atoms with Crippen LogP contribution in [0, 0.1) is 17.2 Å². The van der Waals surface area contributed by atoms with Crippen molar-refractivity contribution in [2.45, 2.75) is 25.3 Å². The highest BCUT2D eigenvalue weighted by atomic mass is 16.2. The molecule has 1 unspecified atom stereocenters. The third kappa shape index (κ3) is 1.95. The fraction of sp³-hybridized carbons (Fsp3) is 0.750. The van der Waals surface area contributed by atoms with E-state index in [0.29, 0.717) is 6.54 Å². The maximum Gasteiger partial charge on any atom is 0.240 e. The third-order valence-corrected chi connectivity index (χ3v) is 2.03. The first kappa shape index (κ1) is 9.01. The summed E-state index contributed by atoms with van der Waals surface area (Å²) in [6.45, 7) is 2.16. The lowest BCUT2D eigenvalue weighted by molar-refractivity contribution is -0.123. The van der Waals surface area contributed by atoms with E-state index < -0.39 is 5.54 Å². The Morgan fingerprint density at radius 2 is 2.42 bits per heavy atom. The molecular formula is C8H13N3O. The topological polar surface area (TPSA) is 78.9 Å². The highest BCUT2D eigenvalue weighted by molar-refractivity contribution is 5.88. The van der Waals surface area contributed by atoms with Gasteiger partial charge in [-0.05, 0) is 19.8 Å². The molecule has 0 bridgehead atoms. The molecule has 0 radical (unpaired) electrons. The molecule has 0 aromatic rings. The highest BCUT2D eigenvalue weighted by Gasteiger charge is 2.45. The molecule has 0 saturated heterocycles. The van der Waals surface area contributed by atoms with Crippen LogP contribution in [0.5, 0.6) is 0 Å². The highest BCUT2D eigenvalue weighted by Crippen LogP contribution is 2.31. The van der Waals surface area contributed by atoms with Crippen molar-refractivity contribution in [3.63, 3.8) is 0 Å². The smallest absolute Gasteiger partial charge is 0.240 e. The summed E-state index contributed by atoms with van der Waals surface area (Å²) < 4.78 is 0. The Morgan fingerprint density at radius 3 is 2.83 bits per heavy atom. The monoisotopic (exact) mass is 167 g/mol. The molecule has 66 valence electrons. The van der Waals surface area contributed by atoms with Crippen LogP contribution in [0.25, 0.3) is 0 Å². The molecule has 12 heavy (non-hydrogen) atoms. The average molecular weight is 167 g/mol. The van der Waals surface area contributed by atoms with Crippen LogP contribution in [-0.2, 0) is 4.79 Å². The van der Waals surface area contributed by atoms with Gasteiger partial charge in [0.25, 0.3) is 0 Å². The minimum absolute atomic E-state index is 0.121. The number of nitrogens with zero attached hydrogens (tertiary/aromatic N) is 1. The number of hydrogen-bond acceptors (Lipinski definition) is 3. The third-order valence-electron chi connectivity index (χ3n) is 2.03. The van der Waals surface area contributed by atoms with Crippen molar-refractivity contribution in [3.8, 4) is 6.07 Å². The molecule has 4 heteroatoms. The summed E-state index contributed by atoms with van der Waals surface area (Å²) in [4.78, 5) is 11.2. The summed E-state index contributed by atoms with van der Waals surface area (Å²) >= 11 is 0. The largest absolute Gasteiger partial charge is 0.353 e. The normalized spacial score (nSPS) is 20.8. The van der Waals surface area contributed by atoms with Crippen molar-refractivity contribution in [3.05, 3.63) is 0 Å². The zero-order valence-electron chi connectivity index (χ0n) is 7.13. The van der Waals surface area contributed by atoms with Gasteiger partial charge in [0.2, 0.25) is 5.91 Å². The lowest BCUT2D eigenvalue weighted by Crippen LogP contribution is -2.43. The minimum atomic E-state index is -0.616. The molecule has 1 fully saturated rings. The molecule has 1 aliphatic carbocycles. The predicted octanol–water partition coefficient (Wildman–Crippen LogP) is -0.246. The Kier molecular flexibility index (Phi) is 2.34. The number of nitrogens with one attached hydrogen (secondary N) is 1. The first-order valence-corrected chi connectivity index (χ1v) is 4.05. The van der Waals surface area contributed by atoms with Crippen LogP contribution < -0.4 is 11.1 Å². The van der Waals surface area contributed by atoms with Gasteiger partial charge in [-0.3, -0.25) is 4.79 Å². The minimum Gasteiger partial charge on any atom is -0.353 e. The predicted molar refractivity (Wildman–Crippen MR) is 43.9 cm³/mol. The number of nitrogens with two attached hydrogens (primary N) is 1. The van der Waals surface area contributed by atoms with Gasteiger partial charge < -0.3 is 11.1 Å². The van der Waals surface area contributed by atoms with Gasteiger partial charge in [0, 0.05) is 6.54 Å². The van der Waals surface area contributed by atoms with Crippen molar-refractivity contribution in [2.75, 3.05) is 6.54 Å². The lowest BCUT2D eigenvalue weighted by atomic mass is 10.2. The van der Waals surface area contributed by atoms with Gasteiger partial charge in [-0.15, -0.1) is 0 Å². The Hall–Kier alpha value is -1.08. The Morgan fingerprint density at radius 1 is 1.83 bits per heavy atom. The molecule has 1 saturated carbocycles. The molecule has 1 amide bonds. The Balaban J connectivity index is 2.25. The molecule has 0 heterocycles. The van der Waals surface area contributed by atoms with Crippen molar-refractivity contribution in [1.29, 1.82) is 5.26 Å². The zero-order chi connectivity index (χ0) is 9.19. The summed E-state index contributed by atoms with van der Waals surface area (Å²) in [6, 6.07) is 2.04. The first-order valence-electron chi connectivity index (χ1n) is 4.05. The Labute approximate surface area is 71.7 Å². The molecule has 0 aromatic carbocycles. The van der Waals surface area contributed by atoms with Crippen molar-refractivity contribution < 1.29 is 4.79 Å². The molecular weight excluding hydrogens is 154 g/mol. The van der Waals surface area contributed by atoms with Gasteiger partial charge in [0.15, 0.2) is 0 Å². The second-order valence-electron chi connectivity index (χ2n) is 3.40. The Bertz CT molecular complexity index is 227. The number of hydrogen-bond donors (Lipinski definition) is 2. The van der Waals surface area contributed by atoms with Gasteiger partial charge in [0.1, 0.15) is 0 Å². The standard InChI is InChI=1S/C8H13N3O/c1-6(4-9)5-11-7(12)8(10)2-3-8/h6H,2-3,5,10H2,1H3,(H,11,12). The van der Waals surface area contributed by atoms with E-state index in [0.717, 1.165) is 12.8 Å². The van der Waals surface area contributed by atoms with Gasteiger partial charge in [-0.2, -0.15) is 5.26 Å². The van der Waals surface area contributed by atoms with Crippen LogP contribution in [0.4, 0.5) is 0 Å². The fourth-order valence-corrected chi connectivity index (χ4v) is 0.829. The molecule has 0 spiro atoms. The molecule has 4 nitrogen and oxygen atoms in total. The lowest BCUT2D eigenvalue weighted by Gasteiger charge is -2.10. The molecule has 1 atom stereocenters. The number of carbonyl (C=O) groups is 1. The van der Waals surface area contributed by atoms with E-state index in [1.165, 1.54) is 0 Å². The van der Waals surface area contributed by atoms with Crippen LogP contribution in [-0.4, -0.2) is 18.0 Å². The molecule has 0 aromatic heterocycles. The maximum absolute atomic E-state index is 11.2. The van der Waals surface area contributed by atoms with Crippen molar-refractivity contribution in [2.24, 2.45) is 11.7 Å². The zero-order valence-corrected chi connectivity index (χ0v) is 7.13. The van der Waals surface area contributed by atoms with E-state index in [2.05, 4.69) is 5.32 Å². The number of carbonyl (C=O) groups excluding carboxylic acids is 1. The second-order valence-corrected chi connectivity index (χ2v) is 3.40. The summed E-state index contributed by atoms with van der Waals surface area (Å²) in [5.74, 6) is -0.263. The second kappa shape index (κ2) is 3.11. The van der Waals surface area contributed by atoms with Crippen molar-refractivity contribution >= 4 is 5.91 Å². The van der Waals surface area contributed by atoms with Gasteiger partial charge in [-0.1, -0.05) is 0 Å². The molecule has 1 rings (SSSR count). The number of nitriles is 1. The van der Waals surface area contributed by atoms with Crippen molar-refractivity contribution in [1.82, 2.24) is 5.32 Å². The molecule has 1 aliphatic rings. The molecule has 0 aliphatic heterocycles. The van der Waals surface area contributed by atoms with E-state index in [-0.39, 0.29) is 11.8 Å². The van der Waals surface area contributed by atoms with Crippen LogP contribution in [0.15, 0.2) is 0 Å². The SMILES string of the molecule is CC(C#N)CNC(=O)C1(N)CC1. The summed E-state index contributed by atoms with van der Waals surface area (Å²) in [7, 11) is 0. The summed E-state index contributed by atoms with van der Waals surface area (Å²) in [5, 5.41) is 11.1. The quantitative estimate of drug-likeness (QED) is 0.608. The summed E-state index contributed by atoms with van der Waals surface area (Å²) in [6.07, 6.45) is 1.53. The fourth-order valence-electron chi connectivity index (χ4n) is 0.829. The number of rotatable bonds is 3. The molecule has 3 N–H and O–H groups in total. The maximum atomic E-state index is 11.2. The van der Waals surface area contributed by atoms with Crippen LogP contribution >= 0.6 is 0 Å². The van der Waals surface area contributed by atoms with E-state index in [1.807, 2.05) is 6.07 Å². The first-order chi connectivity index (χ1) is 5.58. The van der Waals surface area contributed by atoms with E-state index >= 15 is 0 Å². The van der Waals surface area contributed by atoms with Crippen LogP contribution in [0.1, 0.15) is 19.8 Å². The number of amides is 1. The van der Waals surface area contributed by atoms with E-state index in [4.69, 9.17) is 11.0 Å². The van der Waals surface area contributed by atoms with Gasteiger partial charge in [-0.25, -0.2) is 0 Å². The van der Waals surface area contributed by atoms with Gasteiger partial charge >= 0.3 is 0 Å². The van der Waals surface area contributed by atoms with E-state index in [1.54, 1.807) is 6.92 Å². The van der Waals surface area contributed by atoms with Crippen LogP contribution in [0.2, 0.25) is 0 Å². The van der Waals surface area contributed by atoms with Crippen LogP contribution in [0.3, 0.4) is 0 Å². The average Bonchev–Trinajstić information content (AvgIpc) is 2.80. The van der Waals surface area contributed by atoms with Gasteiger partial charge in [0.05, 0.1) is 17.5 Å². The van der Waals surface area contributed by atoms with E-state index in [9.17, 15) is 4.79 Å².